The van der Waals surface area contributed by atoms with Gasteiger partial charge in [-0.15, -0.1) is 0 Å². The van der Waals surface area contributed by atoms with Crippen LogP contribution >= 0.6 is 0 Å². The van der Waals surface area contributed by atoms with Crippen molar-refractivity contribution < 1.29 is 28.6 Å². The molecule has 0 spiro atoms. The van der Waals surface area contributed by atoms with Crippen LogP contribution in [0, 0.1) is 0 Å². The number of esters is 3. The van der Waals surface area contributed by atoms with Crippen LogP contribution in [-0.4, -0.2) is 37.2 Å². The number of hydrogen-bond donors (Lipinski definition) is 0. The summed E-state index contributed by atoms with van der Waals surface area (Å²) in [5, 5.41) is 0. The minimum absolute atomic E-state index is 0.0884. The number of ether oxygens (including phenoxy) is 3. The number of allylic oxidation sites excluding steroid dienone is 18. The van der Waals surface area contributed by atoms with Crippen molar-refractivity contribution in [3.63, 3.8) is 0 Å². The number of carbonyl (C=O) groups is 3. The summed E-state index contributed by atoms with van der Waals surface area (Å²) in [6.45, 7) is 6.48. The van der Waals surface area contributed by atoms with Crippen LogP contribution < -0.4 is 0 Å². The highest BCUT2D eigenvalue weighted by molar-refractivity contribution is 5.71. The lowest BCUT2D eigenvalue weighted by Crippen LogP contribution is -2.30. The van der Waals surface area contributed by atoms with Crippen LogP contribution in [0.4, 0.5) is 0 Å². The lowest BCUT2D eigenvalue weighted by molar-refractivity contribution is -0.167. The highest BCUT2D eigenvalue weighted by Crippen LogP contribution is 2.15. The van der Waals surface area contributed by atoms with Crippen LogP contribution in [0.1, 0.15) is 271 Å². The SMILES string of the molecule is CC/C=C\C/C=C\C/C=C\C/C=C\C/C=C\C/C=C\C/C=C\C/C=C\CCCCCCC(=O)OCC(COC(=O)CCCCCCCCCCCCC)OC(=O)CCCCCCC/C=C\CCCCCCC. The Balaban J connectivity index is 4.33. The summed E-state index contributed by atoms with van der Waals surface area (Å²) in [6, 6.07) is 0. The molecule has 0 aliphatic carbocycles. The monoisotopic (exact) mass is 999 g/mol. The van der Waals surface area contributed by atoms with Crippen molar-refractivity contribution in [2.45, 2.75) is 277 Å². The lowest BCUT2D eigenvalue weighted by atomic mass is 10.1. The summed E-state index contributed by atoms with van der Waals surface area (Å²) in [7, 11) is 0. The third kappa shape index (κ3) is 57.0. The molecule has 72 heavy (non-hydrogen) atoms. The van der Waals surface area contributed by atoms with Crippen molar-refractivity contribution in [3.05, 3.63) is 109 Å². The number of unbranched alkanes of at least 4 members (excludes halogenated alkanes) is 24. The quantitative estimate of drug-likeness (QED) is 0.0261. The van der Waals surface area contributed by atoms with E-state index in [-0.39, 0.29) is 31.1 Å². The molecule has 0 saturated heterocycles. The Hall–Kier alpha value is -3.93. The average molecular weight is 1000 g/mol. The van der Waals surface area contributed by atoms with Gasteiger partial charge in [0.15, 0.2) is 6.10 Å². The lowest BCUT2D eigenvalue weighted by Gasteiger charge is -2.18. The van der Waals surface area contributed by atoms with Gasteiger partial charge < -0.3 is 14.2 Å². The first-order valence-corrected chi connectivity index (χ1v) is 29.9. The van der Waals surface area contributed by atoms with Crippen molar-refractivity contribution in [2.24, 2.45) is 0 Å². The van der Waals surface area contributed by atoms with Crippen molar-refractivity contribution >= 4 is 17.9 Å². The summed E-state index contributed by atoms with van der Waals surface area (Å²) in [6.07, 6.45) is 80.8. The molecule has 0 aromatic rings. The average Bonchev–Trinajstić information content (AvgIpc) is 3.38. The van der Waals surface area contributed by atoms with E-state index < -0.39 is 6.10 Å². The van der Waals surface area contributed by atoms with Crippen molar-refractivity contribution in [2.75, 3.05) is 13.2 Å². The van der Waals surface area contributed by atoms with E-state index in [0.717, 1.165) is 135 Å². The van der Waals surface area contributed by atoms with Crippen LogP contribution in [0.2, 0.25) is 0 Å². The van der Waals surface area contributed by atoms with Crippen LogP contribution in [0.25, 0.3) is 0 Å². The third-order valence-electron chi connectivity index (χ3n) is 12.5. The zero-order chi connectivity index (χ0) is 52.2. The Labute approximate surface area is 444 Å². The molecule has 1 atom stereocenters. The molecule has 0 aliphatic heterocycles. The van der Waals surface area contributed by atoms with Crippen LogP contribution in [0.5, 0.6) is 0 Å². The summed E-state index contributed by atoms with van der Waals surface area (Å²) < 4.78 is 16.8. The van der Waals surface area contributed by atoms with E-state index in [1.165, 1.54) is 96.3 Å². The Kier molecular flexibility index (Phi) is 56.4. The highest BCUT2D eigenvalue weighted by atomic mass is 16.6. The second-order valence-electron chi connectivity index (χ2n) is 19.5. The smallest absolute Gasteiger partial charge is 0.306 e. The maximum Gasteiger partial charge on any atom is 0.306 e. The molecule has 0 N–H and O–H groups in total. The van der Waals surface area contributed by atoms with E-state index in [2.05, 4.69) is 130 Å². The fourth-order valence-electron chi connectivity index (χ4n) is 8.04. The predicted octanol–water partition coefficient (Wildman–Crippen LogP) is 20.3. The highest BCUT2D eigenvalue weighted by Gasteiger charge is 2.19. The molecular formula is C66H110O6. The van der Waals surface area contributed by atoms with E-state index in [9.17, 15) is 14.4 Å². The molecule has 0 aliphatic rings. The third-order valence-corrected chi connectivity index (χ3v) is 12.5. The van der Waals surface area contributed by atoms with Gasteiger partial charge in [-0.1, -0.05) is 252 Å². The second-order valence-corrected chi connectivity index (χ2v) is 19.5. The van der Waals surface area contributed by atoms with Gasteiger partial charge >= 0.3 is 17.9 Å². The fourth-order valence-corrected chi connectivity index (χ4v) is 8.04. The van der Waals surface area contributed by atoms with Crippen LogP contribution in [0.15, 0.2) is 109 Å². The normalized spacial score (nSPS) is 12.9. The predicted molar refractivity (Wildman–Crippen MR) is 311 cm³/mol. The van der Waals surface area contributed by atoms with E-state index in [1.54, 1.807) is 0 Å². The molecule has 6 heteroatoms. The van der Waals surface area contributed by atoms with Crippen molar-refractivity contribution in [1.82, 2.24) is 0 Å². The summed E-state index contributed by atoms with van der Waals surface area (Å²) >= 11 is 0. The Morgan fingerprint density at radius 2 is 0.542 bits per heavy atom. The molecule has 1 unspecified atom stereocenters. The van der Waals surface area contributed by atoms with Gasteiger partial charge in [0, 0.05) is 19.3 Å². The standard InChI is InChI=1S/C66H110O6/c1-4-7-10-13-16-19-22-24-26-27-28-29-30-31-32-33-34-35-36-37-38-39-40-42-44-47-50-53-56-59-65(68)71-62-63(61-70-64(67)58-55-52-49-46-43-21-18-15-12-9-6-3)72-66(69)60-57-54-51-48-45-41-25-23-20-17-14-11-8-5-2/h7,10,16,19,23-26,28-29,31-32,34-35,37-38,40,42,63H,4-6,8-9,11-15,17-18,20-22,27,30,33,36,39,41,43-62H2,1-3H3/b10-7-,19-16-,25-23-,26-24-,29-28-,32-31-,35-34-,38-37-,42-40-. The molecule has 0 aromatic carbocycles. The molecule has 0 saturated carbocycles. The Bertz CT molecular complexity index is 1470. The maximum atomic E-state index is 12.8. The maximum absolute atomic E-state index is 12.8. The van der Waals surface area contributed by atoms with Gasteiger partial charge in [0.1, 0.15) is 13.2 Å². The first-order chi connectivity index (χ1) is 35.5. The molecule has 0 radical (unpaired) electrons. The molecule has 0 rings (SSSR count). The van der Waals surface area contributed by atoms with E-state index in [4.69, 9.17) is 14.2 Å². The van der Waals surface area contributed by atoms with Crippen LogP contribution in [0.3, 0.4) is 0 Å². The zero-order valence-electron chi connectivity index (χ0n) is 46.9. The molecule has 410 valence electrons. The van der Waals surface area contributed by atoms with E-state index in [1.807, 2.05) is 0 Å². The topological polar surface area (TPSA) is 78.9 Å². The number of rotatable bonds is 53. The van der Waals surface area contributed by atoms with E-state index >= 15 is 0 Å². The molecule has 0 heterocycles. The van der Waals surface area contributed by atoms with Crippen molar-refractivity contribution in [3.8, 4) is 0 Å². The van der Waals surface area contributed by atoms with Gasteiger partial charge in [0.25, 0.3) is 0 Å². The number of carbonyl (C=O) groups excluding carboxylic acids is 3. The number of hydrogen-bond acceptors (Lipinski definition) is 6. The fraction of sp³-hybridized carbons (Fsp3) is 0.682. The van der Waals surface area contributed by atoms with Crippen LogP contribution in [-0.2, 0) is 28.6 Å². The van der Waals surface area contributed by atoms with E-state index in [0.29, 0.717) is 19.3 Å². The van der Waals surface area contributed by atoms with Gasteiger partial charge in [0.05, 0.1) is 0 Å². The molecule has 0 fully saturated rings. The molecule has 0 aromatic heterocycles. The Morgan fingerprint density at radius 1 is 0.292 bits per heavy atom. The van der Waals surface area contributed by atoms with Gasteiger partial charge in [-0.05, 0) is 109 Å². The molecule has 0 amide bonds. The first kappa shape index (κ1) is 68.1. The van der Waals surface area contributed by atoms with Gasteiger partial charge in [-0.3, -0.25) is 14.4 Å². The van der Waals surface area contributed by atoms with Gasteiger partial charge in [-0.2, -0.15) is 0 Å². The minimum Gasteiger partial charge on any atom is -0.462 e. The second kappa shape index (κ2) is 59.6. The van der Waals surface area contributed by atoms with Gasteiger partial charge in [-0.25, -0.2) is 0 Å². The largest absolute Gasteiger partial charge is 0.462 e. The molecule has 0 bridgehead atoms. The Morgan fingerprint density at radius 3 is 0.861 bits per heavy atom. The van der Waals surface area contributed by atoms with Crippen molar-refractivity contribution in [1.29, 1.82) is 0 Å². The minimum atomic E-state index is -0.792. The summed E-state index contributed by atoms with van der Waals surface area (Å²) in [5.74, 6) is -0.922. The summed E-state index contributed by atoms with van der Waals surface area (Å²) in [5.41, 5.74) is 0. The molecular weight excluding hydrogens is 889 g/mol. The van der Waals surface area contributed by atoms with Gasteiger partial charge in [0.2, 0.25) is 0 Å². The molecule has 6 nitrogen and oxygen atoms in total. The first-order valence-electron chi connectivity index (χ1n) is 29.9. The zero-order valence-corrected chi connectivity index (χ0v) is 46.9. The summed E-state index contributed by atoms with van der Waals surface area (Å²) in [4.78, 5) is 38.1.